The Morgan fingerprint density at radius 2 is 1.89 bits per heavy atom. The van der Waals surface area contributed by atoms with E-state index in [2.05, 4.69) is 15.6 Å². The monoisotopic (exact) mass is 619 g/mol. The zero-order valence-electron chi connectivity index (χ0n) is 24.0. The van der Waals surface area contributed by atoms with Gasteiger partial charge in [-0.1, -0.05) is 24.3 Å². The van der Waals surface area contributed by atoms with Gasteiger partial charge in [0.05, 0.1) is 18.0 Å². The Balaban J connectivity index is 1.19. The Bertz CT molecular complexity index is 2070. The molecule has 1 aliphatic rings. The van der Waals surface area contributed by atoms with Gasteiger partial charge < -0.3 is 20.3 Å². The molecule has 3 aromatic heterocycles. The van der Waals surface area contributed by atoms with Gasteiger partial charge in [0.25, 0.3) is 11.8 Å². The van der Waals surface area contributed by atoms with Crippen LogP contribution in [0, 0.1) is 12.7 Å². The second-order valence-corrected chi connectivity index (χ2v) is 11.3. The van der Waals surface area contributed by atoms with E-state index in [-0.39, 0.29) is 18.1 Å². The maximum absolute atomic E-state index is 13.8. The average Bonchev–Trinajstić information content (AvgIpc) is 3.65. The molecule has 6 aromatic rings. The van der Waals surface area contributed by atoms with Crippen molar-refractivity contribution in [2.45, 2.75) is 6.92 Å². The number of benzene rings is 3. The summed E-state index contributed by atoms with van der Waals surface area (Å²) < 4.78 is 21.1. The number of hydrogen-bond acceptors (Lipinski definition) is 8. The minimum absolute atomic E-state index is 0.0650. The van der Waals surface area contributed by atoms with Crippen molar-refractivity contribution in [1.82, 2.24) is 19.4 Å². The highest BCUT2D eigenvalue weighted by atomic mass is 32.1. The number of carbonyl (C=O) groups excluding carboxylic acids is 2. The maximum atomic E-state index is 13.8. The lowest BCUT2D eigenvalue weighted by atomic mass is 10.1. The Morgan fingerprint density at radius 3 is 2.78 bits per heavy atom. The van der Waals surface area contributed by atoms with Crippen LogP contribution in [0.25, 0.3) is 27.6 Å². The number of thiazole rings is 1. The molecule has 1 fully saturated rings. The summed E-state index contributed by atoms with van der Waals surface area (Å²) in [6, 6.07) is 20.8. The molecule has 2 N–H and O–H groups in total. The smallest absolute Gasteiger partial charge is 0.256 e. The van der Waals surface area contributed by atoms with E-state index in [1.165, 1.54) is 23.5 Å². The number of aromatic nitrogens is 4. The zero-order valence-corrected chi connectivity index (χ0v) is 24.8. The normalized spacial score (nSPS) is 13.3. The largest absolute Gasteiger partial charge is 0.370 e. The van der Waals surface area contributed by atoms with Gasteiger partial charge in [0.1, 0.15) is 18.1 Å². The molecule has 1 aliphatic heterocycles. The zero-order chi connectivity index (χ0) is 30.9. The third-order valence-corrected chi connectivity index (χ3v) is 8.15. The highest BCUT2D eigenvalue weighted by molar-refractivity contribution is 7.15. The number of carbonyl (C=O) groups is 2. The number of nitrogens with zero attached hydrogens (tertiary/aromatic N) is 5. The van der Waals surface area contributed by atoms with E-state index in [9.17, 15) is 14.0 Å². The summed E-state index contributed by atoms with van der Waals surface area (Å²) in [5.74, 6) is -0.581. The Hall–Kier alpha value is -5.46. The van der Waals surface area contributed by atoms with Crippen LogP contribution in [0.1, 0.15) is 15.9 Å². The average molecular weight is 620 g/mol. The van der Waals surface area contributed by atoms with E-state index >= 15 is 0 Å². The number of imidazole rings is 1. The minimum Gasteiger partial charge on any atom is -0.370 e. The minimum atomic E-state index is -0.471. The quantitative estimate of drug-likeness (QED) is 0.215. The molecule has 10 nitrogen and oxygen atoms in total. The summed E-state index contributed by atoms with van der Waals surface area (Å²) in [4.78, 5) is 42.0. The van der Waals surface area contributed by atoms with Crippen molar-refractivity contribution < 1.29 is 18.7 Å². The summed E-state index contributed by atoms with van der Waals surface area (Å²) >= 11 is 1.50. The Morgan fingerprint density at radius 1 is 1.02 bits per heavy atom. The number of rotatable bonds is 7. The van der Waals surface area contributed by atoms with Crippen molar-refractivity contribution in [3.63, 3.8) is 0 Å². The molecule has 0 saturated carbocycles. The standard InChI is InChI=1S/C33H26FN7O3S/c1-20-8-9-22(34)17-26(20)31(43)36-23-5-2-4-21(16-23)29-30(41-13-15-45-33(41)39-29)27-10-11-35-32(38-27)37-24-6-3-7-25(18-24)40-12-14-44-19-28(40)42/h2-11,13,15-18H,12,14,19H2,1H3,(H,36,43)(H,35,37,38). The van der Waals surface area contributed by atoms with E-state index in [1.807, 2.05) is 64.5 Å². The lowest BCUT2D eigenvalue weighted by molar-refractivity contribution is -0.125. The molecule has 0 spiro atoms. The van der Waals surface area contributed by atoms with Gasteiger partial charge in [-0.15, -0.1) is 11.3 Å². The fourth-order valence-corrected chi connectivity index (χ4v) is 5.95. The molecule has 0 atom stereocenters. The topological polar surface area (TPSA) is 114 Å². The lowest BCUT2D eigenvalue weighted by Crippen LogP contribution is -2.41. The molecule has 2 amide bonds. The van der Waals surface area contributed by atoms with E-state index in [4.69, 9.17) is 14.7 Å². The Kier molecular flexibility index (Phi) is 7.49. The van der Waals surface area contributed by atoms with Gasteiger partial charge in [-0.25, -0.2) is 19.3 Å². The van der Waals surface area contributed by atoms with Crippen molar-refractivity contribution in [3.05, 3.63) is 108 Å². The first kappa shape index (κ1) is 28.3. The number of halogens is 1. The molecule has 1 saturated heterocycles. The van der Waals surface area contributed by atoms with Crippen molar-refractivity contribution in [1.29, 1.82) is 0 Å². The number of nitrogens with one attached hydrogen (secondary N) is 2. The summed E-state index contributed by atoms with van der Waals surface area (Å²) in [6.07, 6.45) is 3.61. The van der Waals surface area contributed by atoms with E-state index in [1.54, 1.807) is 30.2 Å². The summed E-state index contributed by atoms with van der Waals surface area (Å²) in [6.45, 7) is 2.81. The molecular formula is C33H26FN7O3S. The molecule has 12 heteroatoms. The van der Waals surface area contributed by atoms with Gasteiger partial charge in [0.15, 0.2) is 4.96 Å². The first-order valence-electron chi connectivity index (χ1n) is 14.1. The molecule has 0 aliphatic carbocycles. The predicted octanol–water partition coefficient (Wildman–Crippen LogP) is 6.33. The maximum Gasteiger partial charge on any atom is 0.256 e. The van der Waals surface area contributed by atoms with Crippen LogP contribution >= 0.6 is 11.3 Å². The molecular weight excluding hydrogens is 593 g/mol. The van der Waals surface area contributed by atoms with E-state index in [0.29, 0.717) is 41.7 Å². The SMILES string of the molecule is Cc1ccc(F)cc1C(=O)Nc1cccc(-c2nc3sccn3c2-c2ccnc(Nc3cccc(N4CCOCC4=O)c3)n2)c1. The van der Waals surface area contributed by atoms with Crippen molar-refractivity contribution in [3.8, 4) is 22.6 Å². The third-order valence-electron chi connectivity index (χ3n) is 7.40. The van der Waals surface area contributed by atoms with Crippen molar-refractivity contribution in [2.75, 3.05) is 35.3 Å². The lowest BCUT2D eigenvalue weighted by Gasteiger charge is -2.27. The molecule has 7 rings (SSSR count). The second-order valence-electron chi connectivity index (χ2n) is 10.4. The third kappa shape index (κ3) is 5.76. The van der Waals surface area contributed by atoms with Crippen LogP contribution in [0.15, 0.2) is 90.6 Å². The summed E-state index contributed by atoms with van der Waals surface area (Å²) in [7, 11) is 0. The van der Waals surface area contributed by atoms with Crippen LogP contribution in [-0.4, -0.2) is 50.9 Å². The van der Waals surface area contributed by atoms with Crippen molar-refractivity contribution >= 4 is 51.1 Å². The number of ether oxygens (including phenoxy) is 1. The van der Waals surface area contributed by atoms with Crippen LogP contribution in [0.2, 0.25) is 0 Å². The van der Waals surface area contributed by atoms with Gasteiger partial charge in [0, 0.05) is 52.5 Å². The number of anilines is 4. The van der Waals surface area contributed by atoms with Crippen LogP contribution in [0.3, 0.4) is 0 Å². The summed E-state index contributed by atoms with van der Waals surface area (Å²) in [5, 5.41) is 8.10. The first-order valence-corrected chi connectivity index (χ1v) is 15.0. The van der Waals surface area contributed by atoms with E-state index < -0.39 is 11.7 Å². The number of hydrogen-bond donors (Lipinski definition) is 2. The molecule has 4 heterocycles. The molecule has 0 bridgehead atoms. The highest BCUT2D eigenvalue weighted by Gasteiger charge is 2.22. The van der Waals surface area contributed by atoms with Gasteiger partial charge in [0.2, 0.25) is 5.95 Å². The predicted molar refractivity (Wildman–Crippen MR) is 172 cm³/mol. The van der Waals surface area contributed by atoms with Crippen LogP contribution in [0.5, 0.6) is 0 Å². The number of aryl methyl sites for hydroxylation is 1. The number of morpholine rings is 1. The van der Waals surface area contributed by atoms with Crippen LogP contribution < -0.4 is 15.5 Å². The number of amides is 2. The van der Waals surface area contributed by atoms with Gasteiger partial charge >= 0.3 is 0 Å². The number of fused-ring (bicyclic) bond motifs is 1. The second kappa shape index (κ2) is 11.9. The fourth-order valence-electron chi connectivity index (χ4n) is 5.24. The molecule has 0 unspecified atom stereocenters. The highest BCUT2D eigenvalue weighted by Crippen LogP contribution is 2.35. The molecule has 224 valence electrons. The van der Waals surface area contributed by atoms with Gasteiger partial charge in [-0.05, 0) is 61.0 Å². The van der Waals surface area contributed by atoms with Crippen molar-refractivity contribution in [2.24, 2.45) is 0 Å². The summed E-state index contributed by atoms with van der Waals surface area (Å²) in [5.41, 5.74) is 5.83. The van der Waals surface area contributed by atoms with Gasteiger partial charge in [-0.3, -0.25) is 14.0 Å². The first-order chi connectivity index (χ1) is 21.9. The fraction of sp³-hybridized carbons (Fsp3) is 0.121. The van der Waals surface area contributed by atoms with E-state index in [0.717, 1.165) is 27.6 Å². The molecule has 0 radical (unpaired) electrons. The van der Waals surface area contributed by atoms with Crippen LogP contribution in [-0.2, 0) is 9.53 Å². The molecule has 3 aromatic carbocycles. The Labute approximate surface area is 261 Å². The molecule has 45 heavy (non-hydrogen) atoms. The van der Waals surface area contributed by atoms with Crippen LogP contribution in [0.4, 0.5) is 27.4 Å². The van der Waals surface area contributed by atoms with Gasteiger partial charge in [-0.2, -0.15) is 0 Å².